The Balaban J connectivity index is 1.42. The summed E-state index contributed by atoms with van der Waals surface area (Å²) in [5.74, 6) is -2.60. The number of halogens is 1. The number of esters is 1. The van der Waals surface area contributed by atoms with E-state index in [-0.39, 0.29) is 49.0 Å². The Kier molecular flexibility index (Phi) is 22.4. The Bertz CT molecular complexity index is 2240. The number of ether oxygens (including phenoxy) is 6. The van der Waals surface area contributed by atoms with Gasteiger partial charge in [0.2, 0.25) is 10.0 Å². The van der Waals surface area contributed by atoms with Crippen molar-refractivity contribution < 1.29 is 71.6 Å². The van der Waals surface area contributed by atoms with Crippen molar-refractivity contribution in [2.24, 2.45) is 17.8 Å². The van der Waals surface area contributed by atoms with Crippen LogP contribution in [0.15, 0.2) is 35.4 Å². The van der Waals surface area contributed by atoms with Crippen LogP contribution in [0.2, 0.25) is 0 Å². The summed E-state index contributed by atoms with van der Waals surface area (Å²) in [6.07, 6.45) is -6.10. The normalized spacial score (nSPS) is 38.7. The third kappa shape index (κ3) is 15.5. The standard InChI is InChI=1S/C54H93FN6O14S/c1-16-44-53(9,67)27-43(62)36(6)60(14)30-32(2)21-23-52(8,66)49(34(4)47(35(5)50(65)73-44)74-45-28-54(10,70-15)48(64)37(7)72-45)75-51-46(63)42(25-33(3)71-51)59(13)24-22-39-31-61(57-56-39)40(29-55)26-38-17-19-41(20-18-38)76(68,69)58(11)12/h17-20,31-37,40,42-49,51,62-64,66-67H,16,21-30H2,1-15H3/t32-,33-,34+,35-,36-,37+,40+,42+,43+,44-,45+,46-,47+,48+,49-,51+,52-,53+,54-/m1/s1. The fourth-order valence-corrected chi connectivity index (χ4v) is 12.1. The Labute approximate surface area is 451 Å². The number of hydrogen-bond donors (Lipinski definition) is 5. The predicted molar refractivity (Wildman–Crippen MR) is 282 cm³/mol. The Hall–Kier alpha value is -2.81. The molecule has 3 aliphatic heterocycles. The lowest BCUT2D eigenvalue weighted by molar-refractivity contribution is -0.318. The predicted octanol–water partition coefficient (Wildman–Crippen LogP) is 3.89. The molecule has 3 fully saturated rings. The van der Waals surface area contributed by atoms with E-state index in [1.807, 2.05) is 37.7 Å². The maximum atomic E-state index is 14.6. The average molecular weight is 1100 g/mol. The molecule has 2 aromatic rings. The number of alkyl halides is 1. The minimum atomic E-state index is -3.62. The summed E-state index contributed by atoms with van der Waals surface area (Å²) in [4.78, 5) is 18.7. The van der Waals surface area contributed by atoms with E-state index >= 15 is 0 Å². The first-order valence-electron chi connectivity index (χ1n) is 27.1. The number of carbonyl (C=O) groups excluding carboxylic acids is 1. The highest BCUT2D eigenvalue weighted by atomic mass is 32.2. The number of hydrogen-bond acceptors (Lipinski definition) is 18. The molecule has 0 bridgehead atoms. The molecule has 4 heterocycles. The highest BCUT2D eigenvalue weighted by Crippen LogP contribution is 2.40. The number of methoxy groups -OCH3 is 1. The maximum Gasteiger partial charge on any atom is 0.311 e. The third-order valence-electron chi connectivity index (χ3n) is 16.7. The highest BCUT2D eigenvalue weighted by molar-refractivity contribution is 7.89. The number of cyclic esters (lactones) is 1. The molecular weight excluding hydrogens is 1010 g/mol. The number of aliphatic hydroxyl groups is 5. The van der Waals surface area contributed by atoms with Gasteiger partial charge in [0.25, 0.3) is 0 Å². The van der Waals surface area contributed by atoms with Crippen molar-refractivity contribution in [3.05, 3.63) is 41.7 Å². The second-order valence-electron chi connectivity index (χ2n) is 23.4. The lowest BCUT2D eigenvalue weighted by Gasteiger charge is -2.48. The minimum Gasteiger partial charge on any atom is -0.459 e. The van der Waals surface area contributed by atoms with Crippen LogP contribution in [-0.2, 0) is 56.1 Å². The van der Waals surface area contributed by atoms with Gasteiger partial charge in [0.05, 0.1) is 64.3 Å². The molecule has 76 heavy (non-hydrogen) atoms. The highest BCUT2D eigenvalue weighted by Gasteiger charge is 2.52. The fourth-order valence-electron chi connectivity index (χ4n) is 11.2. The molecule has 0 amide bonds. The molecule has 19 atom stereocenters. The van der Waals surface area contributed by atoms with E-state index in [0.717, 1.165) is 9.87 Å². The zero-order valence-electron chi connectivity index (χ0n) is 47.8. The Morgan fingerprint density at radius 3 is 2.22 bits per heavy atom. The lowest BCUT2D eigenvalue weighted by Crippen LogP contribution is -2.60. The molecule has 3 saturated heterocycles. The van der Waals surface area contributed by atoms with E-state index in [4.69, 9.17) is 28.4 Å². The number of sulfonamides is 1. The Morgan fingerprint density at radius 1 is 0.961 bits per heavy atom. The van der Waals surface area contributed by atoms with Gasteiger partial charge in [0, 0.05) is 77.8 Å². The second-order valence-corrected chi connectivity index (χ2v) is 25.5. The summed E-state index contributed by atoms with van der Waals surface area (Å²) >= 11 is 0. The van der Waals surface area contributed by atoms with Crippen molar-refractivity contribution in [1.29, 1.82) is 0 Å². The van der Waals surface area contributed by atoms with Crippen LogP contribution in [0.4, 0.5) is 4.39 Å². The van der Waals surface area contributed by atoms with Crippen LogP contribution in [0.25, 0.3) is 0 Å². The number of carbonyl (C=O) groups is 1. The van der Waals surface area contributed by atoms with Gasteiger partial charge >= 0.3 is 5.97 Å². The van der Waals surface area contributed by atoms with Gasteiger partial charge in [-0.05, 0) is 118 Å². The van der Waals surface area contributed by atoms with Crippen molar-refractivity contribution in [3.8, 4) is 0 Å². The molecule has 436 valence electrons. The second kappa shape index (κ2) is 26.6. The molecule has 20 nitrogen and oxygen atoms in total. The van der Waals surface area contributed by atoms with Crippen molar-refractivity contribution >= 4 is 16.0 Å². The van der Waals surface area contributed by atoms with Crippen LogP contribution in [0.5, 0.6) is 0 Å². The molecule has 0 unspecified atom stereocenters. The summed E-state index contributed by atoms with van der Waals surface area (Å²) in [7, 11) is 4.57. The van der Waals surface area contributed by atoms with E-state index in [1.54, 1.807) is 66.8 Å². The van der Waals surface area contributed by atoms with Crippen LogP contribution in [0, 0.1) is 17.8 Å². The van der Waals surface area contributed by atoms with Gasteiger partial charge in [-0.3, -0.25) is 4.79 Å². The van der Waals surface area contributed by atoms with Gasteiger partial charge in [0.15, 0.2) is 12.6 Å². The van der Waals surface area contributed by atoms with E-state index in [9.17, 15) is 43.1 Å². The molecule has 1 aromatic carbocycles. The molecular formula is C54H93FN6O14S. The van der Waals surface area contributed by atoms with Gasteiger partial charge in [-0.1, -0.05) is 38.1 Å². The van der Waals surface area contributed by atoms with Crippen LogP contribution in [0.1, 0.15) is 125 Å². The third-order valence-corrected chi connectivity index (χ3v) is 18.5. The summed E-state index contributed by atoms with van der Waals surface area (Å²) in [6, 6.07) is 4.78. The molecule has 3 aliphatic rings. The van der Waals surface area contributed by atoms with Gasteiger partial charge in [0.1, 0.15) is 30.6 Å². The minimum absolute atomic E-state index is 0.0143. The maximum absolute atomic E-state index is 14.6. The zero-order chi connectivity index (χ0) is 56.8. The van der Waals surface area contributed by atoms with Crippen molar-refractivity contribution in [2.45, 2.75) is 222 Å². The zero-order valence-corrected chi connectivity index (χ0v) is 48.6. The summed E-state index contributed by atoms with van der Waals surface area (Å²) in [5.41, 5.74) is -2.99. The van der Waals surface area contributed by atoms with E-state index in [0.29, 0.717) is 38.0 Å². The number of rotatable bonds is 16. The number of aromatic nitrogens is 3. The van der Waals surface area contributed by atoms with Gasteiger partial charge in [-0.15, -0.1) is 5.10 Å². The van der Waals surface area contributed by atoms with E-state index < -0.39 is 125 Å². The molecule has 0 spiro atoms. The molecule has 5 N–H and O–H groups in total. The van der Waals surface area contributed by atoms with Crippen LogP contribution in [-0.4, -0.2) is 214 Å². The Morgan fingerprint density at radius 2 is 1.62 bits per heavy atom. The molecule has 0 aliphatic carbocycles. The number of benzene rings is 1. The largest absolute Gasteiger partial charge is 0.459 e. The van der Waals surface area contributed by atoms with Crippen molar-refractivity contribution in [1.82, 2.24) is 29.1 Å². The van der Waals surface area contributed by atoms with Crippen molar-refractivity contribution in [2.75, 3.05) is 55.1 Å². The molecule has 5 rings (SSSR count). The monoisotopic (exact) mass is 1100 g/mol. The topological polar surface area (TPSA) is 248 Å². The van der Waals surface area contributed by atoms with E-state index in [1.165, 1.54) is 38.0 Å². The first-order chi connectivity index (χ1) is 35.4. The van der Waals surface area contributed by atoms with Crippen LogP contribution >= 0.6 is 0 Å². The quantitative estimate of drug-likeness (QED) is 0.150. The van der Waals surface area contributed by atoms with Crippen LogP contribution < -0.4 is 0 Å². The van der Waals surface area contributed by atoms with E-state index in [2.05, 4.69) is 17.2 Å². The van der Waals surface area contributed by atoms with Gasteiger partial charge in [-0.2, -0.15) is 0 Å². The lowest BCUT2D eigenvalue weighted by atomic mass is 9.78. The SMILES string of the molecule is CC[C@H]1OC(=O)[C@H](C)[C@@H](O[C@H]2C[C@@](C)(OC)[C@@H](O)[C@H](C)O2)[C@H](C)[C@@H](O[C@@H]2O[C@H](C)C[C@H](N(C)CCc3cn([C@H](CF)Cc4ccc(S(=O)(=O)N(C)C)cc4)nn3)[C@H]2O)[C@](C)(O)CC[C@@H](C)CN(C)[C@H](C)[C@@H](O)C[C@]1(C)O. The first-order valence-corrected chi connectivity index (χ1v) is 28.6. The number of likely N-dealkylation sites (N-methyl/N-ethyl adjacent to an activating group) is 2. The van der Waals surface area contributed by atoms with Gasteiger partial charge in [-0.25, -0.2) is 21.8 Å². The van der Waals surface area contributed by atoms with Gasteiger partial charge < -0.3 is 63.8 Å². The molecule has 1 aromatic heterocycles. The molecule has 0 radical (unpaired) electrons. The summed E-state index contributed by atoms with van der Waals surface area (Å²) < 4.78 is 80.7. The average Bonchev–Trinajstić information content (AvgIpc) is 3.84. The fraction of sp³-hybridized carbons (Fsp3) is 0.833. The van der Waals surface area contributed by atoms with Crippen molar-refractivity contribution in [3.63, 3.8) is 0 Å². The smallest absolute Gasteiger partial charge is 0.311 e. The molecule has 0 saturated carbocycles. The molecule has 22 heteroatoms. The summed E-state index contributed by atoms with van der Waals surface area (Å²) in [6.45, 7) is 18.0. The number of aliphatic hydroxyl groups excluding tert-OH is 3. The summed E-state index contributed by atoms with van der Waals surface area (Å²) in [5, 5.41) is 68.1. The van der Waals surface area contributed by atoms with Crippen LogP contribution in [0.3, 0.4) is 0 Å². The first kappa shape index (κ1) is 64.0. The number of nitrogens with zero attached hydrogens (tertiary/aromatic N) is 6.